The molecule has 5 nitrogen and oxygen atoms in total. The molecule has 1 fully saturated rings. The molecule has 1 aromatic heterocycles. The van der Waals surface area contributed by atoms with Crippen molar-refractivity contribution in [1.82, 2.24) is 14.5 Å². The molecule has 0 unspecified atom stereocenters. The Labute approximate surface area is 156 Å². The molecule has 1 aliphatic rings. The van der Waals surface area contributed by atoms with E-state index in [1.807, 2.05) is 51.4 Å². The van der Waals surface area contributed by atoms with Gasteiger partial charge in [0.1, 0.15) is 11.4 Å². The highest BCUT2D eigenvalue weighted by Crippen LogP contribution is 2.22. The van der Waals surface area contributed by atoms with Crippen LogP contribution in [0.2, 0.25) is 0 Å². The van der Waals surface area contributed by atoms with Crippen LogP contribution in [0.25, 0.3) is 11.4 Å². The number of aromatic nitrogens is 2. The van der Waals surface area contributed by atoms with Gasteiger partial charge in [-0.1, -0.05) is 30.3 Å². The molecule has 1 aliphatic heterocycles. The van der Waals surface area contributed by atoms with E-state index < -0.39 is 5.60 Å². The van der Waals surface area contributed by atoms with E-state index in [2.05, 4.69) is 26.6 Å². The van der Waals surface area contributed by atoms with E-state index in [0.29, 0.717) is 0 Å². The number of rotatable bonds is 5. The van der Waals surface area contributed by atoms with Crippen molar-refractivity contribution < 1.29 is 9.53 Å². The van der Waals surface area contributed by atoms with Crippen molar-refractivity contribution in [3.8, 4) is 11.4 Å². The van der Waals surface area contributed by atoms with Crippen molar-refractivity contribution in [1.29, 1.82) is 0 Å². The van der Waals surface area contributed by atoms with Gasteiger partial charge in [-0.25, -0.2) is 4.98 Å². The summed E-state index contributed by atoms with van der Waals surface area (Å²) < 4.78 is 7.73. The second-order valence-corrected chi connectivity index (χ2v) is 7.96. The molecule has 26 heavy (non-hydrogen) atoms. The first-order valence-corrected chi connectivity index (χ1v) is 9.44. The molecule has 2 heterocycles. The van der Waals surface area contributed by atoms with E-state index in [1.165, 1.54) is 0 Å². The van der Waals surface area contributed by atoms with Gasteiger partial charge in [0.2, 0.25) is 0 Å². The van der Waals surface area contributed by atoms with Crippen molar-refractivity contribution in [2.75, 3.05) is 19.6 Å². The highest BCUT2D eigenvalue weighted by atomic mass is 16.6. The van der Waals surface area contributed by atoms with Crippen molar-refractivity contribution >= 4 is 5.97 Å². The zero-order valence-electron chi connectivity index (χ0n) is 16.0. The Morgan fingerprint density at radius 3 is 2.50 bits per heavy atom. The Balaban J connectivity index is 1.49. The lowest BCUT2D eigenvalue weighted by Crippen LogP contribution is -2.40. The minimum Gasteiger partial charge on any atom is -0.460 e. The summed E-state index contributed by atoms with van der Waals surface area (Å²) in [7, 11) is 0. The first-order valence-electron chi connectivity index (χ1n) is 9.44. The van der Waals surface area contributed by atoms with Crippen LogP contribution < -0.4 is 0 Å². The zero-order chi connectivity index (χ0) is 18.6. The van der Waals surface area contributed by atoms with Gasteiger partial charge in [-0.3, -0.25) is 4.79 Å². The summed E-state index contributed by atoms with van der Waals surface area (Å²) in [5.74, 6) is 1.01. The SMILES string of the molecule is CC(C)(C)OC(=O)C1CCN(CCn2ccnc2-c2ccccc2)CC1. The highest BCUT2D eigenvalue weighted by Gasteiger charge is 2.28. The van der Waals surface area contributed by atoms with Crippen LogP contribution in [0.15, 0.2) is 42.7 Å². The lowest BCUT2D eigenvalue weighted by atomic mass is 9.96. The van der Waals surface area contributed by atoms with E-state index in [1.54, 1.807) is 0 Å². The average molecular weight is 355 g/mol. The van der Waals surface area contributed by atoms with Gasteiger partial charge < -0.3 is 14.2 Å². The van der Waals surface area contributed by atoms with Crippen LogP contribution in [0.4, 0.5) is 0 Å². The summed E-state index contributed by atoms with van der Waals surface area (Å²) in [6, 6.07) is 10.3. The number of carbonyl (C=O) groups is 1. The number of hydrogen-bond donors (Lipinski definition) is 0. The number of piperidine rings is 1. The van der Waals surface area contributed by atoms with Gasteiger partial charge in [0.15, 0.2) is 0 Å². The molecule has 140 valence electrons. The fraction of sp³-hybridized carbons (Fsp3) is 0.524. The van der Waals surface area contributed by atoms with Gasteiger partial charge in [0, 0.05) is 31.0 Å². The highest BCUT2D eigenvalue weighted by molar-refractivity contribution is 5.73. The third kappa shape index (κ3) is 4.94. The molecule has 0 amide bonds. The fourth-order valence-electron chi connectivity index (χ4n) is 3.36. The van der Waals surface area contributed by atoms with Crippen LogP contribution in [-0.2, 0) is 16.1 Å². The number of benzene rings is 1. The summed E-state index contributed by atoms with van der Waals surface area (Å²) in [4.78, 5) is 19.1. The minimum atomic E-state index is -0.399. The van der Waals surface area contributed by atoms with E-state index in [9.17, 15) is 4.79 Å². The van der Waals surface area contributed by atoms with Crippen LogP contribution in [0.1, 0.15) is 33.6 Å². The van der Waals surface area contributed by atoms with E-state index in [0.717, 1.165) is 50.4 Å². The van der Waals surface area contributed by atoms with Crippen molar-refractivity contribution in [2.45, 2.75) is 45.8 Å². The first kappa shape index (κ1) is 18.6. The number of ether oxygens (including phenoxy) is 1. The van der Waals surface area contributed by atoms with Gasteiger partial charge in [-0.05, 0) is 46.7 Å². The normalized spacial score (nSPS) is 16.6. The lowest BCUT2D eigenvalue weighted by molar-refractivity contribution is -0.161. The third-order valence-electron chi connectivity index (χ3n) is 4.73. The molecule has 5 heteroatoms. The predicted molar refractivity (Wildman–Crippen MR) is 103 cm³/mol. The average Bonchev–Trinajstić information content (AvgIpc) is 3.08. The fourth-order valence-corrected chi connectivity index (χ4v) is 3.36. The maximum absolute atomic E-state index is 12.2. The Morgan fingerprint density at radius 2 is 1.85 bits per heavy atom. The summed E-state index contributed by atoms with van der Waals surface area (Å²) in [6.07, 6.45) is 5.65. The number of likely N-dealkylation sites (tertiary alicyclic amines) is 1. The molecule has 1 saturated heterocycles. The standard InChI is InChI=1S/C21H29N3O2/c1-21(2,3)26-20(25)18-9-12-23(13-10-18)15-16-24-14-11-22-19(24)17-7-5-4-6-8-17/h4-8,11,14,18H,9-10,12-13,15-16H2,1-3H3. The monoisotopic (exact) mass is 355 g/mol. The molecule has 1 aromatic carbocycles. The Bertz CT molecular complexity index is 710. The van der Waals surface area contributed by atoms with Gasteiger partial charge in [0.25, 0.3) is 0 Å². The summed E-state index contributed by atoms with van der Waals surface area (Å²) in [5, 5.41) is 0. The summed E-state index contributed by atoms with van der Waals surface area (Å²) in [6.45, 7) is 9.54. The van der Waals surface area contributed by atoms with Crippen LogP contribution in [-0.4, -0.2) is 45.7 Å². The number of esters is 1. The topological polar surface area (TPSA) is 47.4 Å². The molecule has 3 rings (SSSR count). The van der Waals surface area contributed by atoms with E-state index >= 15 is 0 Å². The first-order chi connectivity index (χ1) is 12.4. The number of imidazole rings is 1. The number of nitrogens with zero attached hydrogens (tertiary/aromatic N) is 3. The van der Waals surface area contributed by atoms with Crippen LogP contribution in [0, 0.1) is 5.92 Å². The van der Waals surface area contributed by atoms with Crippen molar-refractivity contribution in [3.05, 3.63) is 42.7 Å². The van der Waals surface area contributed by atoms with Gasteiger partial charge in [-0.2, -0.15) is 0 Å². The maximum Gasteiger partial charge on any atom is 0.309 e. The molecule has 2 aromatic rings. The van der Waals surface area contributed by atoms with Gasteiger partial charge >= 0.3 is 5.97 Å². The number of carbonyl (C=O) groups excluding carboxylic acids is 1. The molecule has 0 atom stereocenters. The molecule has 0 radical (unpaired) electrons. The molecule has 0 saturated carbocycles. The molecular formula is C21H29N3O2. The summed E-state index contributed by atoms with van der Waals surface area (Å²) >= 11 is 0. The molecule has 0 spiro atoms. The largest absolute Gasteiger partial charge is 0.460 e. The molecule has 0 aliphatic carbocycles. The lowest BCUT2D eigenvalue weighted by Gasteiger charge is -2.32. The molecular weight excluding hydrogens is 326 g/mol. The van der Waals surface area contributed by atoms with Gasteiger partial charge in [-0.15, -0.1) is 0 Å². The maximum atomic E-state index is 12.2. The molecule has 0 bridgehead atoms. The van der Waals surface area contributed by atoms with E-state index in [-0.39, 0.29) is 11.9 Å². The quantitative estimate of drug-likeness (QED) is 0.769. The Morgan fingerprint density at radius 1 is 1.15 bits per heavy atom. The van der Waals surface area contributed by atoms with Crippen LogP contribution in [0.3, 0.4) is 0 Å². The van der Waals surface area contributed by atoms with Crippen LogP contribution >= 0.6 is 0 Å². The van der Waals surface area contributed by atoms with Crippen LogP contribution in [0.5, 0.6) is 0 Å². The number of hydrogen-bond acceptors (Lipinski definition) is 4. The molecule has 0 N–H and O–H groups in total. The smallest absolute Gasteiger partial charge is 0.309 e. The minimum absolute atomic E-state index is 0.0404. The van der Waals surface area contributed by atoms with Gasteiger partial charge in [0.05, 0.1) is 5.92 Å². The predicted octanol–water partition coefficient (Wildman–Crippen LogP) is 3.60. The van der Waals surface area contributed by atoms with Crippen molar-refractivity contribution in [2.24, 2.45) is 5.92 Å². The second-order valence-electron chi connectivity index (χ2n) is 7.96. The second kappa shape index (κ2) is 8.04. The van der Waals surface area contributed by atoms with Crippen molar-refractivity contribution in [3.63, 3.8) is 0 Å². The Hall–Kier alpha value is -2.14. The Kier molecular flexibility index (Phi) is 5.77. The summed E-state index contributed by atoms with van der Waals surface area (Å²) in [5.41, 5.74) is 0.741. The van der Waals surface area contributed by atoms with E-state index in [4.69, 9.17) is 4.74 Å². The third-order valence-corrected chi connectivity index (χ3v) is 4.73. The zero-order valence-corrected chi connectivity index (χ0v) is 16.0.